The van der Waals surface area contributed by atoms with E-state index >= 15 is 0 Å². The largest absolute Gasteiger partial charge is 0.333 e. The van der Waals surface area contributed by atoms with Crippen LogP contribution in [0.3, 0.4) is 0 Å². The number of hydrogen-bond acceptors (Lipinski definition) is 3. The van der Waals surface area contributed by atoms with Gasteiger partial charge in [0.25, 0.3) is 5.91 Å². The number of amides is 1. The number of pyridine rings is 1. The molecule has 2 aromatic heterocycles. The van der Waals surface area contributed by atoms with Gasteiger partial charge in [-0.3, -0.25) is 9.36 Å². The molecule has 0 unspecified atom stereocenters. The molecule has 2 aromatic rings. The number of hydrogen-bond donors (Lipinski definition) is 0. The van der Waals surface area contributed by atoms with Crippen molar-refractivity contribution < 1.29 is 4.79 Å². The van der Waals surface area contributed by atoms with Crippen molar-refractivity contribution >= 4 is 5.91 Å². The van der Waals surface area contributed by atoms with E-state index in [0.717, 1.165) is 43.0 Å². The highest BCUT2D eigenvalue weighted by Gasteiger charge is 2.39. The molecule has 2 saturated carbocycles. The average molecular weight is 338 g/mol. The predicted octanol–water partition coefficient (Wildman–Crippen LogP) is 3.84. The van der Waals surface area contributed by atoms with E-state index in [9.17, 15) is 4.79 Å². The normalized spacial score (nSPS) is 23.4. The quantitative estimate of drug-likeness (QED) is 0.832. The Bertz CT molecular complexity index is 715. The molecule has 0 aliphatic heterocycles. The summed E-state index contributed by atoms with van der Waals surface area (Å²) in [7, 11) is 0. The Morgan fingerprint density at radius 1 is 1.16 bits per heavy atom. The van der Waals surface area contributed by atoms with E-state index in [1.165, 1.54) is 19.3 Å². The fourth-order valence-corrected chi connectivity index (χ4v) is 4.05. The summed E-state index contributed by atoms with van der Waals surface area (Å²) in [5.74, 6) is 1.76. The number of carbonyl (C=O) groups is 1. The second kappa shape index (κ2) is 6.98. The third-order valence-electron chi connectivity index (χ3n) is 5.72. The molecular weight excluding hydrogens is 312 g/mol. The van der Waals surface area contributed by atoms with Crippen molar-refractivity contribution in [1.82, 2.24) is 19.4 Å². The van der Waals surface area contributed by atoms with Gasteiger partial charge < -0.3 is 4.90 Å². The molecule has 2 heterocycles. The van der Waals surface area contributed by atoms with Crippen molar-refractivity contribution in [2.75, 3.05) is 0 Å². The third-order valence-corrected chi connectivity index (χ3v) is 5.72. The molecule has 2 fully saturated rings. The molecule has 0 aromatic carbocycles. The van der Waals surface area contributed by atoms with Crippen molar-refractivity contribution in [3.8, 4) is 5.82 Å². The lowest BCUT2D eigenvalue weighted by atomic mass is 9.83. The Kier molecular flexibility index (Phi) is 4.55. The highest BCUT2D eigenvalue weighted by molar-refractivity contribution is 5.95. The van der Waals surface area contributed by atoms with Crippen LogP contribution in [0.5, 0.6) is 0 Å². The summed E-state index contributed by atoms with van der Waals surface area (Å²) in [5, 5.41) is 0. The molecule has 0 saturated heterocycles. The van der Waals surface area contributed by atoms with E-state index in [2.05, 4.69) is 21.8 Å². The van der Waals surface area contributed by atoms with Crippen molar-refractivity contribution in [3.05, 3.63) is 42.6 Å². The lowest BCUT2D eigenvalue weighted by molar-refractivity contribution is 0.0587. The summed E-state index contributed by atoms with van der Waals surface area (Å²) in [5.41, 5.74) is 0.739. The number of rotatable bonds is 5. The molecule has 0 spiro atoms. The number of nitrogens with zero attached hydrogens (tertiary/aromatic N) is 4. The first-order chi connectivity index (χ1) is 12.3. The van der Waals surface area contributed by atoms with Crippen molar-refractivity contribution in [1.29, 1.82) is 0 Å². The SMILES string of the molecule is CCC1CCC(N(C(=O)c2ccnc(-n3ccnc3)c2)C2CC2)CC1. The highest BCUT2D eigenvalue weighted by atomic mass is 16.2. The Morgan fingerprint density at radius 2 is 1.88 bits per heavy atom. The molecule has 5 heteroatoms. The third kappa shape index (κ3) is 3.46. The molecule has 132 valence electrons. The monoisotopic (exact) mass is 338 g/mol. The lowest BCUT2D eigenvalue weighted by Crippen LogP contribution is -2.44. The summed E-state index contributed by atoms with van der Waals surface area (Å²) in [6, 6.07) is 4.58. The topological polar surface area (TPSA) is 51.0 Å². The number of aromatic nitrogens is 3. The molecule has 0 N–H and O–H groups in total. The zero-order valence-electron chi connectivity index (χ0n) is 14.8. The average Bonchev–Trinajstić information content (AvgIpc) is 3.34. The van der Waals surface area contributed by atoms with Gasteiger partial charge in [-0.2, -0.15) is 0 Å². The molecule has 2 aliphatic rings. The van der Waals surface area contributed by atoms with Crippen molar-refractivity contribution in [3.63, 3.8) is 0 Å². The van der Waals surface area contributed by atoms with E-state index in [4.69, 9.17) is 0 Å². The minimum absolute atomic E-state index is 0.172. The van der Waals surface area contributed by atoms with Crippen LogP contribution < -0.4 is 0 Å². The van der Waals surface area contributed by atoms with Gasteiger partial charge in [-0.05, 0) is 56.6 Å². The minimum atomic E-state index is 0.172. The van der Waals surface area contributed by atoms with Crippen LogP contribution in [0.4, 0.5) is 0 Å². The van der Waals surface area contributed by atoms with Gasteiger partial charge in [0, 0.05) is 36.2 Å². The fraction of sp³-hybridized carbons (Fsp3) is 0.550. The maximum atomic E-state index is 13.3. The van der Waals surface area contributed by atoms with E-state index < -0.39 is 0 Å². The Balaban J connectivity index is 1.54. The molecule has 1 amide bonds. The van der Waals surface area contributed by atoms with Crippen LogP contribution in [-0.2, 0) is 0 Å². The molecule has 0 atom stereocenters. The van der Waals surface area contributed by atoms with E-state index in [0.29, 0.717) is 12.1 Å². The van der Waals surface area contributed by atoms with Gasteiger partial charge in [-0.25, -0.2) is 9.97 Å². The molecular formula is C20H26N4O. The Labute approximate surface area is 149 Å². The summed E-state index contributed by atoms with van der Waals surface area (Å²) in [6.07, 6.45) is 15.4. The first-order valence-corrected chi connectivity index (χ1v) is 9.53. The van der Waals surface area contributed by atoms with Crippen LogP contribution >= 0.6 is 0 Å². The van der Waals surface area contributed by atoms with Gasteiger partial charge in [0.05, 0.1) is 0 Å². The van der Waals surface area contributed by atoms with Gasteiger partial charge in [0.2, 0.25) is 0 Å². The van der Waals surface area contributed by atoms with Crippen LogP contribution in [0.15, 0.2) is 37.1 Å². The summed E-state index contributed by atoms with van der Waals surface area (Å²) in [6.45, 7) is 2.28. The molecule has 25 heavy (non-hydrogen) atoms. The van der Waals surface area contributed by atoms with E-state index in [-0.39, 0.29) is 5.91 Å². The summed E-state index contributed by atoms with van der Waals surface area (Å²) >= 11 is 0. The lowest BCUT2D eigenvalue weighted by Gasteiger charge is -2.37. The van der Waals surface area contributed by atoms with Gasteiger partial charge in [0.1, 0.15) is 12.1 Å². The zero-order chi connectivity index (χ0) is 17.2. The molecule has 5 nitrogen and oxygen atoms in total. The Morgan fingerprint density at radius 3 is 2.48 bits per heavy atom. The number of imidazole rings is 1. The molecule has 0 bridgehead atoms. The zero-order valence-corrected chi connectivity index (χ0v) is 14.8. The Hall–Kier alpha value is -2.17. The molecule has 4 rings (SSSR count). The van der Waals surface area contributed by atoms with Crippen molar-refractivity contribution in [2.24, 2.45) is 5.92 Å². The highest BCUT2D eigenvalue weighted by Crippen LogP contribution is 2.37. The van der Waals surface area contributed by atoms with Gasteiger partial charge in [-0.1, -0.05) is 13.3 Å². The second-order valence-electron chi connectivity index (χ2n) is 7.40. The standard InChI is InChI=1S/C20H26N4O/c1-2-15-3-5-17(6-4-15)24(18-7-8-18)20(25)16-9-10-22-19(13-16)23-12-11-21-14-23/h9-15,17-18H,2-8H2,1H3. The van der Waals surface area contributed by atoms with Gasteiger partial charge in [0.15, 0.2) is 0 Å². The van der Waals surface area contributed by atoms with E-state index in [1.54, 1.807) is 18.7 Å². The van der Waals surface area contributed by atoms with Crippen LogP contribution in [0.1, 0.15) is 62.2 Å². The van der Waals surface area contributed by atoms with Crippen LogP contribution in [0.2, 0.25) is 0 Å². The minimum Gasteiger partial charge on any atom is -0.333 e. The first kappa shape index (κ1) is 16.3. The second-order valence-corrected chi connectivity index (χ2v) is 7.40. The van der Waals surface area contributed by atoms with Crippen LogP contribution in [-0.4, -0.2) is 37.4 Å². The smallest absolute Gasteiger partial charge is 0.254 e. The maximum absolute atomic E-state index is 13.3. The summed E-state index contributed by atoms with van der Waals surface area (Å²) < 4.78 is 1.84. The summed E-state index contributed by atoms with van der Waals surface area (Å²) in [4.78, 5) is 23.9. The maximum Gasteiger partial charge on any atom is 0.254 e. The van der Waals surface area contributed by atoms with Crippen LogP contribution in [0, 0.1) is 5.92 Å². The number of carbonyl (C=O) groups excluding carboxylic acids is 1. The van der Waals surface area contributed by atoms with E-state index in [1.807, 2.05) is 22.9 Å². The van der Waals surface area contributed by atoms with Crippen LogP contribution in [0.25, 0.3) is 5.82 Å². The predicted molar refractivity (Wildman–Crippen MR) is 96.6 cm³/mol. The molecule has 0 radical (unpaired) electrons. The first-order valence-electron chi connectivity index (χ1n) is 9.53. The fourth-order valence-electron chi connectivity index (χ4n) is 4.05. The van der Waals surface area contributed by atoms with Gasteiger partial charge in [-0.15, -0.1) is 0 Å². The van der Waals surface area contributed by atoms with Crippen molar-refractivity contribution in [2.45, 2.75) is 64.0 Å². The molecule has 2 aliphatic carbocycles. The van der Waals surface area contributed by atoms with Gasteiger partial charge >= 0.3 is 0 Å².